The molecule has 0 unspecified atom stereocenters. The highest BCUT2D eigenvalue weighted by molar-refractivity contribution is 5.88. The van der Waals surface area contributed by atoms with Crippen LogP contribution in [-0.2, 0) is 30.3 Å². The Morgan fingerprint density at radius 2 is 1.36 bits per heavy atom. The van der Waals surface area contributed by atoms with E-state index < -0.39 is 23.9 Å². The Morgan fingerprint density at radius 3 is 1.88 bits per heavy atom. The summed E-state index contributed by atoms with van der Waals surface area (Å²) in [5.74, 6) is -2.31. The number of unbranched alkanes of at least 4 members (excludes halogenated alkanes) is 11. The van der Waals surface area contributed by atoms with E-state index in [1.807, 2.05) is 0 Å². The lowest BCUT2D eigenvalue weighted by Gasteiger charge is -2.11. The summed E-state index contributed by atoms with van der Waals surface area (Å²) in [4.78, 5) is 44.3. The molecule has 9 heteroatoms. The van der Waals surface area contributed by atoms with E-state index in [0.717, 1.165) is 12.8 Å². The number of rotatable bonds is 21. The number of ether oxygens (including phenoxy) is 2. The van der Waals surface area contributed by atoms with Crippen LogP contribution in [0.3, 0.4) is 0 Å². The van der Waals surface area contributed by atoms with Crippen molar-refractivity contribution < 1.29 is 33.8 Å². The predicted molar refractivity (Wildman–Crippen MR) is 166 cm³/mol. The summed E-state index contributed by atoms with van der Waals surface area (Å²) in [6.07, 6.45) is 22.3. The maximum atomic E-state index is 11.6. The van der Waals surface area contributed by atoms with Crippen molar-refractivity contribution in [1.82, 2.24) is 0 Å². The molecule has 0 spiro atoms. The molecule has 1 aromatic rings. The maximum Gasteiger partial charge on any atom is 0.330 e. The lowest BCUT2D eigenvalue weighted by Crippen LogP contribution is -2.35. The third-order valence-electron chi connectivity index (χ3n) is 6.48. The highest BCUT2D eigenvalue weighted by atomic mass is 16.6. The van der Waals surface area contributed by atoms with Gasteiger partial charge >= 0.3 is 17.9 Å². The number of aromatic hydroxyl groups is 1. The molecule has 5 N–H and O–H groups in total. The van der Waals surface area contributed by atoms with E-state index in [0.29, 0.717) is 12.0 Å². The number of primary amides is 1. The second kappa shape index (κ2) is 25.5. The minimum atomic E-state index is -1.03. The Labute approximate surface area is 252 Å². The zero-order chi connectivity index (χ0) is 31.6. The molecule has 42 heavy (non-hydrogen) atoms. The van der Waals surface area contributed by atoms with Gasteiger partial charge in [-0.3, -0.25) is 14.4 Å². The lowest BCUT2D eigenvalue weighted by atomic mass is 10.1. The standard InChI is InChI=1S/C18H35NO.C15H19NO6/c1-2-3-4-5-6-7-8-9-10-11-12-13-14-15-16-17-18(19)20;1-3-13(18)21-12-6-5-9(8-11(12)17)7-10(16)15(20)22-14(19)4-2/h9-10H,2-8,11-17H2,1H3,(H2,19,20);5-6,8,10,17H,3-4,7,16H2,1-2H3/t;10-/m.0/s1. The Morgan fingerprint density at radius 1 is 0.810 bits per heavy atom. The van der Waals surface area contributed by atoms with Crippen molar-refractivity contribution >= 4 is 23.8 Å². The number of carbonyl (C=O) groups is 4. The van der Waals surface area contributed by atoms with Gasteiger partial charge in [-0.05, 0) is 56.2 Å². The van der Waals surface area contributed by atoms with Crippen molar-refractivity contribution in [1.29, 1.82) is 0 Å². The van der Waals surface area contributed by atoms with Gasteiger partial charge in [-0.15, -0.1) is 0 Å². The monoisotopic (exact) mass is 590 g/mol. The average Bonchev–Trinajstić information content (AvgIpc) is 2.96. The highest BCUT2D eigenvalue weighted by Gasteiger charge is 2.19. The van der Waals surface area contributed by atoms with Crippen LogP contribution in [0.2, 0.25) is 0 Å². The molecule has 0 radical (unpaired) electrons. The van der Waals surface area contributed by atoms with Gasteiger partial charge in [0, 0.05) is 19.3 Å². The first kappa shape index (κ1) is 38.8. The van der Waals surface area contributed by atoms with Gasteiger partial charge in [0.1, 0.15) is 6.04 Å². The second-order valence-electron chi connectivity index (χ2n) is 10.4. The minimum absolute atomic E-state index is 0.0351. The molecule has 1 atom stereocenters. The van der Waals surface area contributed by atoms with Crippen LogP contribution >= 0.6 is 0 Å². The largest absolute Gasteiger partial charge is 0.504 e. The van der Waals surface area contributed by atoms with Gasteiger partial charge in [0.25, 0.3) is 0 Å². The van der Waals surface area contributed by atoms with Crippen molar-refractivity contribution in [2.45, 2.75) is 136 Å². The first-order valence-corrected chi connectivity index (χ1v) is 15.6. The summed E-state index contributed by atoms with van der Waals surface area (Å²) in [6, 6.07) is 3.28. The van der Waals surface area contributed by atoms with Crippen LogP contribution in [0, 0.1) is 0 Å². The molecule has 1 aromatic carbocycles. The fourth-order valence-electron chi connectivity index (χ4n) is 3.94. The molecule has 0 heterocycles. The van der Waals surface area contributed by atoms with Crippen LogP contribution in [-0.4, -0.2) is 35.0 Å². The summed E-state index contributed by atoms with van der Waals surface area (Å²) in [5.41, 5.74) is 11.3. The summed E-state index contributed by atoms with van der Waals surface area (Å²) in [5, 5.41) is 9.78. The molecule has 238 valence electrons. The van der Waals surface area contributed by atoms with Crippen LogP contribution in [0.25, 0.3) is 0 Å². The number of amides is 1. The van der Waals surface area contributed by atoms with Gasteiger partial charge in [-0.2, -0.15) is 0 Å². The summed E-state index contributed by atoms with van der Waals surface area (Å²) in [6.45, 7) is 5.46. The smallest absolute Gasteiger partial charge is 0.330 e. The molecule has 0 saturated carbocycles. The molecule has 1 rings (SSSR count). The SMILES string of the molecule is CCC(=O)OC(=O)[C@@H](N)Cc1ccc(OC(=O)CC)c(O)c1.CCCCCCCCC=CCCCCCCCC(N)=O. The Balaban J connectivity index is 0.000000805. The summed E-state index contributed by atoms with van der Waals surface area (Å²) in [7, 11) is 0. The van der Waals surface area contributed by atoms with Crippen LogP contribution in [0.4, 0.5) is 0 Å². The topological polar surface area (TPSA) is 159 Å². The molecule has 0 aliphatic carbocycles. The van der Waals surface area contributed by atoms with Gasteiger partial charge in [-0.1, -0.05) is 90.4 Å². The predicted octanol–water partition coefficient (Wildman–Crippen LogP) is 6.57. The van der Waals surface area contributed by atoms with E-state index in [1.165, 1.54) is 82.8 Å². The minimum Gasteiger partial charge on any atom is -0.504 e. The number of nitrogens with two attached hydrogens (primary N) is 2. The van der Waals surface area contributed by atoms with E-state index in [9.17, 15) is 24.3 Å². The average molecular weight is 591 g/mol. The number of carbonyl (C=O) groups excluding carboxylic acids is 4. The second-order valence-corrected chi connectivity index (χ2v) is 10.4. The van der Waals surface area contributed by atoms with Crippen molar-refractivity contribution in [3.63, 3.8) is 0 Å². The first-order chi connectivity index (χ1) is 20.1. The Kier molecular flexibility index (Phi) is 23.6. The fraction of sp³-hybridized carbons (Fsp3) is 0.636. The van der Waals surface area contributed by atoms with E-state index in [1.54, 1.807) is 19.9 Å². The molecule has 0 aromatic heterocycles. The number of phenols is 1. The quantitative estimate of drug-likeness (QED) is 0.0477. The highest BCUT2D eigenvalue weighted by Crippen LogP contribution is 2.27. The van der Waals surface area contributed by atoms with Crippen LogP contribution in [0.5, 0.6) is 11.5 Å². The number of phenolic OH excluding ortho intramolecular Hbond substituents is 1. The third-order valence-corrected chi connectivity index (χ3v) is 6.48. The van der Waals surface area contributed by atoms with Crippen molar-refractivity contribution in [3.05, 3.63) is 35.9 Å². The summed E-state index contributed by atoms with van der Waals surface area (Å²) < 4.78 is 9.43. The molecule has 0 aliphatic rings. The van der Waals surface area contributed by atoms with Crippen LogP contribution in [0.1, 0.15) is 129 Å². The third kappa shape index (κ3) is 21.5. The van der Waals surface area contributed by atoms with Gasteiger partial charge < -0.3 is 26.0 Å². The normalized spacial score (nSPS) is 11.4. The van der Waals surface area contributed by atoms with Gasteiger partial charge in [0.05, 0.1) is 0 Å². The summed E-state index contributed by atoms with van der Waals surface area (Å²) >= 11 is 0. The zero-order valence-corrected chi connectivity index (χ0v) is 26.0. The number of allylic oxidation sites excluding steroid dienone is 2. The molecule has 0 fully saturated rings. The lowest BCUT2D eigenvalue weighted by molar-refractivity contribution is -0.160. The van der Waals surface area contributed by atoms with Gasteiger partial charge in [0.15, 0.2) is 11.5 Å². The number of esters is 3. The van der Waals surface area contributed by atoms with E-state index in [4.69, 9.17) is 16.2 Å². The van der Waals surface area contributed by atoms with Crippen LogP contribution < -0.4 is 16.2 Å². The first-order valence-electron chi connectivity index (χ1n) is 15.6. The molecular weight excluding hydrogens is 536 g/mol. The number of benzene rings is 1. The molecule has 0 saturated heterocycles. The van der Waals surface area contributed by atoms with E-state index in [-0.39, 0.29) is 36.7 Å². The molecule has 1 amide bonds. The number of hydrogen-bond donors (Lipinski definition) is 3. The van der Waals surface area contributed by atoms with Gasteiger partial charge in [0.2, 0.25) is 5.91 Å². The van der Waals surface area contributed by atoms with Crippen LogP contribution in [0.15, 0.2) is 30.4 Å². The van der Waals surface area contributed by atoms with E-state index in [2.05, 4.69) is 23.8 Å². The Hall–Kier alpha value is -3.20. The molecule has 9 nitrogen and oxygen atoms in total. The van der Waals surface area contributed by atoms with E-state index >= 15 is 0 Å². The molecule has 0 aliphatic heterocycles. The van der Waals surface area contributed by atoms with Gasteiger partial charge in [-0.25, -0.2) is 4.79 Å². The van der Waals surface area contributed by atoms with Crippen molar-refractivity contribution in [2.24, 2.45) is 11.5 Å². The van der Waals surface area contributed by atoms with Crippen molar-refractivity contribution in [3.8, 4) is 11.5 Å². The molecule has 0 bridgehead atoms. The van der Waals surface area contributed by atoms with Crippen molar-refractivity contribution in [2.75, 3.05) is 0 Å². The fourth-order valence-corrected chi connectivity index (χ4v) is 3.94. The maximum absolute atomic E-state index is 11.6. The zero-order valence-electron chi connectivity index (χ0n) is 26.0. The number of hydrogen-bond acceptors (Lipinski definition) is 8. The molecular formula is C33H54N2O7. The Bertz CT molecular complexity index is 946.